The molecule has 1 aromatic rings. The average molecular weight is 273 g/mol. The van der Waals surface area contributed by atoms with Gasteiger partial charge in [0.2, 0.25) is 0 Å². The molecule has 1 aromatic heterocycles. The summed E-state index contributed by atoms with van der Waals surface area (Å²) in [6.45, 7) is 5.99. The monoisotopic (exact) mass is 273 g/mol. The van der Waals surface area contributed by atoms with Crippen molar-refractivity contribution in [1.29, 1.82) is 0 Å². The fourth-order valence-corrected chi connectivity index (χ4v) is 1.86. The summed E-state index contributed by atoms with van der Waals surface area (Å²) in [7, 11) is 3.86. The van der Waals surface area contributed by atoms with Gasteiger partial charge in [0.25, 0.3) is 0 Å². The van der Waals surface area contributed by atoms with Crippen LogP contribution in [0.4, 0.5) is 5.82 Å². The first kappa shape index (κ1) is 14.2. The first-order valence-electron chi connectivity index (χ1n) is 6.44. The largest absolute Gasteiger partial charge is 0.367 e. The van der Waals surface area contributed by atoms with E-state index in [2.05, 4.69) is 10.1 Å². The van der Waals surface area contributed by atoms with Crippen molar-refractivity contribution in [3.63, 3.8) is 0 Å². The second-order valence-corrected chi connectivity index (χ2v) is 5.97. The summed E-state index contributed by atoms with van der Waals surface area (Å²) in [5.41, 5.74) is 1.77. The van der Waals surface area contributed by atoms with Gasteiger partial charge >= 0.3 is 5.97 Å². The number of anilines is 1. The topological polar surface area (TPSA) is 54.8 Å². The van der Waals surface area contributed by atoms with Gasteiger partial charge in [0.1, 0.15) is 11.5 Å². The Morgan fingerprint density at radius 1 is 1.25 bits per heavy atom. The van der Waals surface area contributed by atoms with Crippen molar-refractivity contribution in [2.24, 2.45) is 10.6 Å². The molecular weight excluding hydrogens is 254 g/mol. The van der Waals surface area contributed by atoms with E-state index < -0.39 is 5.97 Å². The fraction of sp³-hybridized carbons (Fsp3) is 0.400. The van der Waals surface area contributed by atoms with Crippen LogP contribution in [0.15, 0.2) is 29.1 Å². The minimum absolute atomic E-state index is 0.241. The van der Waals surface area contributed by atoms with Crippen molar-refractivity contribution in [3.8, 4) is 0 Å². The molecule has 2 heterocycles. The number of hydrogen-bond donors (Lipinski definition) is 0. The summed E-state index contributed by atoms with van der Waals surface area (Å²) in [6, 6.07) is 3.82. The van der Waals surface area contributed by atoms with Crippen molar-refractivity contribution >= 4 is 23.6 Å². The van der Waals surface area contributed by atoms with Gasteiger partial charge in [-0.3, -0.25) is 0 Å². The molecule has 0 fully saturated rings. The zero-order valence-corrected chi connectivity index (χ0v) is 12.5. The van der Waals surface area contributed by atoms with Crippen LogP contribution in [0, 0.1) is 5.41 Å². The van der Waals surface area contributed by atoms with Crippen LogP contribution in [0.5, 0.6) is 0 Å². The quantitative estimate of drug-likeness (QED) is 0.613. The van der Waals surface area contributed by atoms with Gasteiger partial charge < -0.3 is 9.74 Å². The number of pyridine rings is 1. The van der Waals surface area contributed by atoms with Crippen LogP contribution in [-0.4, -0.2) is 30.8 Å². The number of carbonyl (C=O) groups excluding carboxylic acids is 1. The van der Waals surface area contributed by atoms with Gasteiger partial charge in [-0.05, 0) is 23.8 Å². The van der Waals surface area contributed by atoms with Crippen LogP contribution < -0.4 is 4.90 Å². The van der Waals surface area contributed by atoms with E-state index in [0.717, 1.165) is 11.4 Å². The van der Waals surface area contributed by atoms with Crippen molar-refractivity contribution in [2.75, 3.05) is 19.0 Å². The number of rotatable bonds is 2. The predicted molar refractivity (Wildman–Crippen MR) is 79.5 cm³/mol. The highest BCUT2D eigenvalue weighted by Gasteiger charge is 2.33. The standard InChI is InChI=1S/C15H19N3O2/c1-15(2,3)13-11(14(19)20-17-13)8-10-6-7-12(16-9-10)18(4)5/h6-9H,1-5H3. The summed E-state index contributed by atoms with van der Waals surface area (Å²) in [6.07, 6.45) is 3.50. The van der Waals surface area contributed by atoms with Gasteiger partial charge in [-0.1, -0.05) is 25.9 Å². The number of nitrogens with zero attached hydrogens (tertiary/aromatic N) is 3. The normalized spacial score (nSPS) is 17.1. The lowest BCUT2D eigenvalue weighted by Gasteiger charge is -2.16. The molecule has 5 nitrogen and oxygen atoms in total. The first-order valence-corrected chi connectivity index (χ1v) is 6.44. The summed E-state index contributed by atoms with van der Waals surface area (Å²) >= 11 is 0. The molecule has 0 aliphatic carbocycles. The molecule has 106 valence electrons. The highest BCUT2D eigenvalue weighted by molar-refractivity contribution is 6.26. The molecule has 20 heavy (non-hydrogen) atoms. The predicted octanol–water partition coefficient (Wildman–Crippen LogP) is 2.49. The molecule has 0 saturated carbocycles. The second-order valence-electron chi connectivity index (χ2n) is 5.97. The molecular formula is C15H19N3O2. The summed E-state index contributed by atoms with van der Waals surface area (Å²) in [5, 5.41) is 3.88. The highest BCUT2D eigenvalue weighted by atomic mass is 16.7. The van der Waals surface area contributed by atoms with E-state index in [1.165, 1.54) is 0 Å². The van der Waals surface area contributed by atoms with Crippen LogP contribution >= 0.6 is 0 Å². The summed E-state index contributed by atoms with van der Waals surface area (Å²) < 4.78 is 0. The molecule has 1 aliphatic rings. The second kappa shape index (κ2) is 5.07. The third-order valence-electron chi connectivity index (χ3n) is 2.95. The Balaban J connectivity index is 2.34. The lowest BCUT2D eigenvalue weighted by Crippen LogP contribution is -2.21. The molecule has 1 aliphatic heterocycles. The van der Waals surface area contributed by atoms with Gasteiger partial charge in [-0.15, -0.1) is 0 Å². The Morgan fingerprint density at radius 3 is 2.45 bits per heavy atom. The molecule has 0 N–H and O–H groups in total. The minimum atomic E-state index is -0.411. The van der Waals surface area contributed by atoms with Crippen LogP contribution in [0.25, 0.3) is 6.08 Å². The number of oxime groups is 1. The Kier molecular flexibility index (Phi) is 3.61. The maximum atomic E-state index is 11.8. The molecule has 0 bridgehead atoms. The number of hydrogen-bond acceptors (Lipinski definition) is 5. The molecule has 5 heteroatoms. The molecule has 0 radical (unpaired) electrons. The van der Waals surface area contributed by atoms with E-state index in [0.29, 0.717) is 11.3 Å². The molecule has 0 aromatic carbocycles. The zero-order chi connectivity index (χ0) is 14.9. The van der Waals surface area contributed by atoms with Gasteiger partial charge in [0.05, 0.1) is 5.57 Å². The Bertz CT molecular complexity index is 578. The van der Waals surface area contributed by atoms with Crippen LogP contribution in [0.2, 0.25) is 0 Å². The molecule has 2 rings (SSSR count). The lowest BCUT2D eigenvalue weighted by molar-refractivity contribution is -0.136. The van der Waals surface area contributed by atoms with E-state index in [9.17, 15) is 4.79 Å². The Hall–Kier alpha value is -2.17. The van der Waals surface area contributed by atoms with Crippen LogP contribution in [-0.2, 0) is 9.63 Å². The third kappa shape index (κ3) is 2.87. The third-order valence-corrected chi connectivity index (χ3v) is 2.95. The van der Waals surface area contributed by atoms with Gasteiger partial charge in [-0.25, -0.2) is 9.78 Å². The van der Waals surface area contributed by atoms with E-state index >= 15 is 0 Å². The van der Waals surface area contributed by atoms with Crippen LogP contribution in [0.1, 0.15) is 26.3 Å². The molecule has 0 amide bonds. The van der Waals surface area contributed by atoms with Gasteiger partial charge in [0.15, 0.2) is 0 Å². The Labute approximate surface area is 118 Å². The maximum Gasteiger partial charge on any atom is 0.367 e. The van der Waals surface area contributed by atoms with E-state index in [1.54, 1.807) is 12.3 Å². The van der Waals surface area contributed by atoms with Gasteiger partial charge in [-0.2, -0.15) is 0 Å². The molecule has 0 saturated heterocycles. The van der Waals surface area contributed by atoms with E-state index in [4.69, 9.17) is 4.84 Å². The van der Waals surface area contributed by atoms with Crippen molar-refractivity contribution in [3.05, 3.63) is 29.5 Å². The number of aromatic nitrogens is 1. The SMILES string of the molecule is CN(C)c1ccc(C=C2C(=O)ON=C2C(C)(C)C)cn1. The van der Waals surface area contributed by atoms with Crippen LogP contribution in [0.3, 0.4) is 0 Å². The molecule has 0 atom stereocenters. The van der Waals surface area contributed by atoms with E-state index in [1.807, 2.05) is 51.9 Å². The maximum absolute atomic E-state index is 11.8. The first-order chi connectivity index (χ1) is 9.29. The fourth-order valence-electron chi connectivity index (χ4n) is 1.86. The van der Waals surface area contributed by atoms with Crippen molar-refractivity contribution < 1.29 is 9.63 Å². The number of carbonyl (C=O) groups is 1. The van der Waals surface area contributed by atoms with E-state index in [-0.39, 0.29) is 5.41 Å². The summed E-state index contributed by atoms with van der Waals surface area (Å²) in [4.78, 5) is 22.8. The lowest BCUT2D eigenvalue weighted by atomic mass is 9.85. The molecule has 0 spiro atoms. The minimum Gasteiger partial charge on any atom is -0.363 e. The smallest absolute Gasteiger partial charge is 0.363 e. The highest BCUT2D eigenvalue weighted by Crippen LogP contribution is 2.28. The van der Waals surface area contributed by atoms with Crippen molar-refractivity contribution in [2.45, 2.75) is 20.8 Å². The Morgan fingerprint density at radius 2 is 1.95 bits per heavy atom. The average Bonchev–Trinajstić information content (AvgIpc) is 2.71. The van der Waals surface area contributed by atoms with Gasteiger partial charge in [0, 0.05) is 25.7 Å². The zero-order valence-electron chi connectivity index (χ0n) is 12.5. The summed E-state index contributed by atoms with van der Waals surface area (Å²) in [5.74, 6) is 0.456. The van der Waals surface area contributed by atoms with Crippen molar-refractivity contribution in [1.82, 2.24) is 4.98 Å². The molecule has 0 unspecified atom stereocenters.